The molecule has 0 aliphatic rings. The SMILES string of the molecule is NCC(C(=O)c1ccoc1)c1ccccc1. The number of Topliss-reactive ketones (excluding diaryl/α,β-unsaturated/α-hetero) is 1. The zero-order valence-electron chi connectivity index (χ0n) is 8.80. The third-order valence-electron chi connectivity index (χ3n) is 2.56. The number of carbonyl (C=O) groups excluding carboxylic acids is 1. The van der Waals surface area contributed by atoms with E-state index in [-0.39, 0.29) is 11.7 Å². The van der Waals surface area contributed by atoms with Crippen LogP contribution in [-0.4, -0.2) is 12.3 Å². The Labute approximate surface area is 93.9 Å². The Morgan fingerprint density at radius 3 is 2.56 bits per heavy atom. The van der Waals surface area contributed by atoms with Crippen molar-refractivity contribution in [1.29, 1.82) is 0 Å². The molecule has 0 saturated heterocycles. The lowest BCUT2D eigenvalue weighted by atomic mass is 9.92. The molecule has 0 spiro atoms. The van der Waals surface area contributed by atoms with Gasteiger partial charge in [-0.3, -0.25) is 4.79 Å². The second-order valence-corrected chi connectivity index (χ2v) is 3.58. The molecule has 0 bridgehead atoms. The third-order valence-corrected chi connectivity index (χ3v) is 2.56. The van der Waals surface area contributed by atoms with Gasteiger partial charge in [0.05, 0.1) is 17.7 Å². The van der Waals surface area contributed by atoms with Crippen LogP contribution in [0.2, 0.25) is 0 Å². The lowest BCUT2D eigenvalue weighted by molar-refractivity contribution is 0.0962. The van der Waals surface area contributed by atoms with E-state index >= 15 is 0 Å². The van der Waals surface area contributed by atoms with Crippen molar-refractivity contribution in [3.05, 3.63) is 60.1 Å². The molecule has 0 radical (unpaired) electrons. The fraction of sp³-hybridized carbons (Fsp3) is 0.154. The van der Waals surface area contributed by atoms with Gasteiger partial charge >= 0.3 is 0 Å². The maximum absolute atomic E-state index is 12.1. The monoisotopic (exact) mass is 215 g/mol. The summed E-state index contributed by atoms with van der Waals surface area (Å²) >= 11 is 0. The Hall–Kier alpha value is -1.87. The molecular weight excluding hydrogens is 202 g/mol. The highest BCUT2D eigenvalue weighted by Crippen LogP contribution is 2.19. The predicted octanol–water partition coefficient (Wildman–Crippen LogP) is 2.20. The van der Waals surface area contributed by atoms with E-state index in [0.29, 0.717) is 12.1 Å². The van der Waals surface area contributed by atoms with Crippen LogP contribution >= 0.6 is 0 Å². The van der Waals surface area contributed by atoms with Crippen LogP contribution in [0.15, 0.2) is 53.3 Å². The molecule has 0 amide bonds. The molecule has 2 aromatic rings. The van der Waals surface area contributed by atoms with Crippen LogP contribution in [0.3, 0.4) is 0 Å². The van der Waals surface area contributed by atoms with Gasteiger partial charge in [-0.25, -0.2) is 0 Å². The molecule has 82 valence electrons. The minimum absolute atomic E-state index is 0.00227. The van der Waals surface area contributed by atoms with Gasteiger partial charge in [0.2, 0.25) is 0 Å². The molecule has 2 rings (SSSR count). The second kappa shape index (κ2) is 4.77. The van der Waals surface area contributed by atoms with Crippen LogP contribution in [0.25, 0.3) is 0 Å². The normalized spacial score (nSPS) is 12.3. The van der Waals surface area contributed by atoms with Gasteiger partial charge in [-0.05, 0) is 11.6 Å². The van der Waals surface area contributed by atoms with Gasteiger partial charge < -0.3 is 10.2 Å². The van der Waals surface area contributed by atoms with E-state index in [1.807, 2.05) is 30.3 Å². The van der Waals surface area contributed by atoms with Crippen molar-refractivity contribution in [2.45, 2.75) is 5.92 Å². The zero-order valence-corrected chi connectivity index (χ0v) is 8.80. The number of furan rings is 1. The highest BCUT2D eigenvalue weighted by molar-refractivity contribution is 6.00. The van der Waals surface area contributed by atoms with Crippen molar-refractivity contribution >= 4 is 5.78 Å². The molecule has 1 atom stereocenters. The molecule has 0 aliphatic heterocycles. The van der Waals surface area contributed by atoms with Crippen molar-refractivity contribution in [1.82, 2.24) is 0 Å². The molecule has 3 heteroatoms. The molecule has 0 saturated carbocycles. The number of benzene rings is 1. The van der Waals surface area contributed by atoms with Gasteiger partial charge in [0.25, 0.3) is 0 Å². The van der Waals surface area contributed by atoms with Crippen molar-refractivity contribution in [3.63, 3.8) is 0 Å². The number of rotatable bonds is 4. The number of hydrogen-bond acceptors (Lipinski definition) is 3. The van der Waals surface area contributed by atoms with Crippen LogP contribution in [0.4, 0.5) is 0 Å². The maximum Gasteiger partial charge on any atom is 0.174 e. The summed E-state index contributed by atoms with van der Waals surface area (Å²) in [6.07, 6.45) is 2.94. The molecule has 1 aromatic heterocycles. The zero-order chi connectivity index (χ0) is 11.4. The third kappa shape index (κ3) is 2.04. The predicted molar refractivity (Wildman–Crippen MR) is 61.3 cm³/mol. The van der Waals surface area contributed by atoms with Gasteiger partial charge in [-0.15, -0.1) is 0 Å². The lowest BCUT2D eigenvalue weighted by Crippen LogP contribution is -2.21. The van der Waals surface area contributed by atoms with Crippen molar-refractivity contribution < 1.29 is 9.21 Å². The summed E-state index contributed by atoms with van der Waals surface area (Å²) in [5.41, 5.74) is 7.17. The average Bonchev–Trinajstić information content (AvgIpc) is 2.85. The highest BCUT2D eigenvalue weighted by atomic mass is 16.3. The minimum atomic E-state index is -0.293. The second-order valence-electron chi connectivity index (χ2n) is 3.58. The summed E-state index contributed by atoms with van der Waals surface area (Å²) in [6, 6.07) is 11.2. The standard InChI is InChI=1S/C13H13NO2/c14-8-12(10-4-2-1-3-5-10)13(15)11-6-7-16-9-11/h1-7,9,12H,8,14H2. The molecule has 1 unspecified atom stereocenters. The molecule has 16 heavy (non-hydrogen) atoms. The number of nitrogens with two attached hydrogens (primary N) is 1. The summed E-state index contributed by atoms with van der Waals surface area (Å²) in [5.74, 6) is -0.291. The number of ketones is 1. The maximum atomic E-state index is 12.1. The van der Waals surface area contributed by atoms with Gasteiger partial charge in [0.1, 0.15) is 6.26 Å². The largest absolute Gasteiger partial charge is 0.472 e. The van der Waals surface area contributed by atoms with Crippen molar-refractivity contribution in [2.75, 3.05) is 6.54 Å². The first-order valence-electron chi connectivity index (χ1n) is 5.14. The topological polar surface area (TPSA) is 56.2 Å². The van der Waals surface area contributed by atoms with Gasteiger partial charge in [0.15, 0.2) is 5.78 Å². The Morgan fingerprint density at radius 2 is 2.00 bits per heavy atom. The Balaban J connectivity index is 2.27. The fourth-order valence-corrected chi connectivity index (χ4v) is 1.69. The molecule has 3 nitrogen and oxygen atoms in total. The molecule has 0 fully saturated rings. The summed E-state index contributed by atoms with van der Waals surface area (Å²) in [4.78, 5) is 12.1. The van der Waals surface area contributed by atoms with Crippen LogP contribution in [-0.2, 0) is 0 Å². The van der Waals surface area contributed by atoms with Gasteiger partial charge in [0, 0.05) is 6.54 Å². The molecule has 0 aliphatic carbocycles. The number of hydrogen-bond donors (Lipinski definition) is 1. The smallest absolute Gasteiger partial charge is 0.174 e. The first kappa shape index (κ1) is 10.6. The van der Waals surface area contributed by atoms with Crippen LogP contribution in [0.5, 0.6) is 0 Å². The molecule has 2 N–H and O–H groups in total. The highest BCUT2D eigenvalue weighted by Gasteiger charge is 2.20. The van der Waals surface area contributed by atoms with E-state index < -0.39 is 0 Å². The molecule has 1 aromatic carbocycles. The van der Waals surface area contributed by atoms with E-state index in [4.69, 9.17) is 10.2 Å². The first-order valence-corrected chi connectivity index (χ1v) is 5.14. The van der Waals surface area contributed by atoms with E-state index in [1.54, 1.807) is 6.07 Å². The van der Waals surface area contributed by atoms with Crippen molar-refractivity contribution in [2.24, 2.45) is 5.73 Å². The van der Waals surface area contributed by atoms with E-state index in [0.717, 1.165) is 5.56 Å². The lowest BCUT2D eigenvalue weighted by Gasteiger charge is -2.12. The Kier molecular flexibility index (Phi) is 3.17. The van der Waals surface area contributed by atoms with Gasteiger partial charge in [-0.1, -0.05) is 30.3 Å². The number of carbonyl (C=O) groups is 1. The molecular formula is C13H13NO2. The fourth-order valence-electron chi connectivity index (χ4n) is 1.69. The summed E-state index contributed by atoms with van der Waals surface area (Å²) in [6.45, 7) is 0.300. The van der Waals surface area contributed by atoms with E-state index in [1.165, 1.54) is 12.5 Å². The van der Waals surface area contributed by atoms with Gasteiger partial charge in [-0.2, -0.15) is 0 Å². The summed E-state index contributed by atoms with van der Waals surface area (Å²) < 4.78 is 4.90. The Morgan fingerprint density at radius 1 is 1.25 bits per heavy atom. The van der Waals surface area contributed by atoms with Crippen LogP contribution in [0.1, 0.15) is 21.8 Å². The van der Waals surface area contributed by atoms with Crippen LogP contribution in [0, 0.1) is 0 Å². The summed E-state index contributed by atoms with van der Waals surface area (Å²) in [7, 11) is 0. The quantitative estimate of drug-likeness (QED) is 0.795. The minimum Gasteiger partial charge on any atom is -0.472 e. The molecule has 1 heterocycles. The van der Waals surface area contributed by atoms with E-state index in [9.17, 15) is 4.79 Å². The Bertz CT molecular complexity index is 448. The van der Waals surface area contributed by atoms with E-state index in [2.05, 4.69) is 0 Å². The first-order chi connectivity index (χ1) is 7.83. The summed E-state index contributed by atoms with van der Waals surface area (Å²) in [5, 5.41) is 0. The average molecular weight is 215 g/mol. The van der Waals surface area contributed by atoms with Crippen molar-refractivity contribution in [3.8, 4) is 0 Å². The van der Waals surface area contributed by atoms with Crippen LogP contribution < -0.4 is 5.73 Å².